The molecule has 1 amide bonds. The van der Waals surface area contributed by atoms with Gasteiger partial charge in [-0.05, 0) is 61.9 Å². The second-order valence-electron chi connectivity index (χ2n) is 7.93. The minimum absolute atomic E-state index is 0.0527. The van der Waals surface area contributed by atoms with Gasteiger partial charge in [-0.1, -0.05) is 59.3 Å². The molecule has 2 aromatic carbocycles. The number of halogens is 1. The van der Waals surface area contributed by atoms with E-state index in [9.17, 15) is 9.59 Å². The summed E-state index contributed by atoms with van der Waals surface area (Å²) in [5.74, 6) is 0.155. The van der Waals surface area contributed by atoms with Gasteiger partial charge in [0.25, 0.3) is 5.56 Å². The third-order valence-corrected chi connectivity index (χ3v) is 6.75. The summed E-state index contributed by atoms with van der Waals surface area (Å²) < 4.78 is 1.62. The van der Waals surface area contributed by atoms with Crippen molar-refractivity contribution in [2.75, 3.05) is 12.3 Å². The summed E-state index contributed by atoms with van der Waals surface area (Å²) in [5, 5.41) is 4.70. The molecule has 4 rings (SSSR count). The Bertz CT molecular complexity index is 1210. The topological polar surface area (TPSA) is 64.0 Å². The van der Waals surface area contributed by atoms with E-state index in [2.05, 4.69) is 16.4 Å². The van der Waals surface area contributed by atoms with Crippen LogP contribution in [-0.4, -0.2) is 27.8 Å². The van der Waals surface area contributed by atoms with Crippen molar-refractivity contribution in [3.63, 3.8) is 0 Å². The third kappa shape index (κ3) is 5.81. The van der Waals surface area contributed by atoms with Crippen LogP contribution in [-0.2, 0) is 11.3 Å². The van der Waals surface area contributed by atoms with Crippen LogP contribution in [0.4, 0.5) is 0 Å². The maximum absolute atomic E-state index is 13.2. The first kappa shape index (κ1) is 22.6. The monoisotopic (exact) mass is 467 g/mol. The van der Waals surface area contributed by atoms with Gasteiger partial charge in [-0.3, -0.25) is 14.2 Å². The second kappa shape index (κ2) is 10.8. The molecule has 3 aromatic rings. The lowest BCUT2D eigenvalue weighted by Crippen LogP contribution is -2.28. The normalized spacial score (nSPS) is 13.7. The maximum Gasteiger partial charge on any atom is 0.262 e. The zero-order chi connectivity index (χ0) is 22.3. The lowest BCUT2D eigenvalue weighted by Gasteiger charge is -2.14. The summed E-state index contributed by atoms with van der Waals surface area (Å²) in [7, 11) is 0. The highest BCUT2D eigenvalue weighted by atomic mass is 35.5. The standard InChI is InChI=1S/C25H26ClN3O2S/c26-20-10-6-9-19(15-20)16-29-24(31)21-11-4-5-12-22(21)28-25(29)32-17-23(30)27-14-13-18-7-2-1-3-8-18/h4-7,9-12,15H,1-3,8,13-14,16-17H2,(H,27,30). The molecule has 7 heteroatoms. The maximum atomic E-state index is 13.2. The van der Waals surface area contributed by atoms with Crippen LogP contribution in [0.25, 0.3) is 10.9 Å². The van der Waals surface area contributed by atoms with E-state index in [-0.39, 0.29) is 17.2 Å². The minimum Gasteiger partial charge on any atom is -0.355 e. The van der Waals surface area contributed by atoms with E-state index in [0.717, 1.165) is 24.8 Å². The molecule has 0 atom stereocenters. The van der Waals surface area contributed by atoms with Gasteiger partial charge in [0, 0.05) is 11.6 Å². The van der Waals surface area contributed by atoms with Crippen LogP contribution in [0.2, 0.25) is 5.02 Å². The molecule has 1 heterocycles. The second-order valence-corrected chi connectivity index (χ2v) is 9.31. The van der Waals surface area contributed by atoms with E-state index >= 15 is 0 Å². The lowest BCUT2D eigenvalue weighted by atomic mass is 9.97. The van der Waals surface area contributed by atoms with Gasteiger partial charge in [0.15, 0.2) is 5.16 Å². The Morgan fingerprint density at radius 1 is 1.16 bits per heavy atom. The fourth-order valence-corrected chi connectivity index (χ4v) is 4.93. The molecule has 1 aliphatic carbocycles. The number of hydrogen-bond acceptors (Lipinski definition) is 4. The summed E-state index contributed by atoms with van der Waals surface area (Å²) >= 11 is 7.41. The van der Waals surface area contributed by atoms with Gasteiger partial charge in [-0.15, -0.1) is 0 Å². The van der Waals surface area contributed by atoms with Gasteiger partial charge >= 0.3 is 0 Å². The molecular formula is C25H26ClN3O2S. The predicted octanol–water partition coefficient (Wildman–Crippen LogP) is 5.20. The first-order valence-electron chi connectivity index (χ1n) is 10.9. The number of para-hydroxylation sites is 1. The highest BCUT2D eigenvalue weighted by molar-refractivity contribution is 7.99. The number of nitrogens with zero attached hydrogens (tertiary/aromatic N) is 2. The Morgan fingerprint density at radius 2 is 2.03 bits per heavy atom. The van der Waals surface area contributed by atoms with Crippen molar-refractivity contribution in [3.05, 3.63) is 81.1 Å². The number of fused-ring (bicyclic) bond motifs is 1. The van der Waals surface area contributed by atoms with E-state index in [1.165, 1.54) is 30.2 Å². The molecule has 32 heavy (non-hydrogen) atoms. The van der Waals surface area contributed by atoms with E-state index < -0.39 is 0 Å². The Balaban J connectivity index is 1.48. The first-order chi connectivity index (χ1) is 15.6. The van der Waals surface area contributed by atoms with Gasteiger partial charge in [0.2, 0.25) is 5.91 Å². The molecule has 1 aromatic heterocycles. The number of hydrogen-bond donors (Lipinski definition) is 1. The fraction of sp³-hybridized carbons (Fsp3) is 0.320. The molecule has 1 N–H and O–H groups in total. The molecule has 0 saturated carbocycles. The number of nitrogens with one attached hydrogen (secondary N) is 1. The summed E-state index contributed by atoms with van der Waals surface area (Å²) in [4.78, 5) is 30.3. The van der Waals surface area contributed by atoms with Crippen LogP contribution in [0.5, 0.6) is 0 Å². The SMILES string of the molecule is O=C(CSc1nc2ccccc2c(=O)n1Cc1cccc(Cl)c1)NCCC1=CCCCC1. The van der Waals surface area contributed by atoms with Gasteiger partial charge in [0.1, 0.15) is 0 Å². The largest absolute Gasteiger partial charge is 0.355 e. The molecule has 0 saturated heterocycles. The Hall–Kier alpha value is -2.57. The minimum atomic E-state index is -0.122. The molecule has 0 aliphatic heterocycles. The quantitative estimate of drug-likeness (QED) is 0.281. The number of benzene rings is 2. The Labute approximate surface area is 196 Å². The highest BCUT2D eigenvalue weighted by Gasteiger charge is 2.14. The first-order valence-corrected chi connectivity index (χ1v) is 12.3. The zero-order valence-electron chi connectivity index (χ0n) is 17.9. The molecule has 5 nitrogen and oxygen atoms in total. The summed E-state index contributed by atoms with van der Waals surface area (Å²) in [5.41, 5.74) is 2.86. The van der Waals surface area contributed by atoms with Gasteiger partial charge in [-0.25, -0.2) is 4.98 Å². The van der Waals surface area contributed by atoms with Crippen LogP contribution in [0.3, 0.4) is 0 Å². The average molecular weight is 468 g/mol. The van der Waals surface area contributed by atoms with E-state index in [1.54, 1.807) is 16.7 Å². The van der Waals surface area contributed by atoms with Crippen LogP contribution < -0.4 is 10.9 Å². The number of allylic oxidation sites excluding steroid dienone is 1. The zero-order valence-corrected chi connectivity index (χ0v) is 19.4. The summed E-state index contributed by atoms with van der Waals surface area (Å²) in [6.07, 6.45) is 8.01. The van der Waals surface area contributed by atoms with Crippen molar-refractivity contribution in [2.24, 2.45) is 0 Å². The number of carbonyl (C=O) groups is 1. The van der Waals surface area contributed by atoms with E-state index in [4.69, 9.17) is 11.6 Å². The summed E-state index contributed by atoms with van der Waals surface area (Å²) in [6, 6.07) is 14.7. The fourth-order valence-electron chi connectivity index (χ4n) is 3.89. The smallest absolute Gasteiger partial charge is 0.262 e. The van der Waals surface area contributed by atoms with Crippen molar-refractivity contribution in [3.8, 4) is 0 Å². The van der Waals surface area contributed by atoms with Crippen LogP contribution in [0.15, 0.2) is 70.1 Å². The molecule has 0 unspecified atom stereocenters. The van der Waals surface area contributed by atoms with Crippen molar-refractivity contribution in [2.45, 2.75) is 43.8 Å². The Morgan fingerprint density at radius 3 is 2.84 bits per heavy atom. The number of rotatable bonds is 8. The molecule has 166 valence electrons. The van der Waals surface area contributed by atoms with Crippen molar-refractivity contribution < 1.29 is 4.79 Å². The Kier molecular flexibility index (Phi) is 7.66. The van der Waals surface area contributed by atoms with Crippen molar-refractivity contribution in [1.29, 1.82) is 0 Å². The van der Waals surface area contributed by atoms with Gasteiger partial charge in [0.05, 0.1) is 23.2 Å². The summed E-state index contributed by atoms with van der Waals surface area (Å²) in [6.45, 7) is 0.987. The predicted molar refractivity (Wildman–Crippen MR) is 131 cm³/mol. The van der Waals surface area contributed by atoms with Crippen LogP contribution in [0, 0.1) is 0 Å². The number of carbonyl (C=O) groups excluding carboxylic acids is 1. The lowest BCUT2D eigenvalue weighted by molar-refractivity contribution is -0.118. The highest BCUT2D eigenvalue weighted by Crippen LogP contribution is 2.21. The molecule has 0 spiro atoms. The molecule has 0 fully saturated rings. The third-order valence-electron chi connectivity index (χ3n) is 5.54. The van der Waals surface area contributed by atoms with Crippen molar-refractivity contribution in [1.82, 2.24) is 14.9 Å². The van der Waals surface area contributed by atoms with Gasteiger partial charge < -0.3 is 5.32 Å². The average Bonchev–Trinajstić information content (AvgIpc) is 2.80. The van der Waals surface area contributed by atoms with Gasteiger partial charge in [-0.2, -0.15) is 0 Å². The van der Waals surface area contributed by atoms with Crippen LogP contribution in [0.1, 0.15) is 37.7 Å². The molecule has 1 aliphatic rings. The number of thioether (sulfide) groups is 1. The molecule has 0 radical (unpaired) electrons. The molecule has 0 bridgehead atoms. The number of amides is 1. The van der Waals surface area contributed by atoms with Crippen molar-refractivity contribution >= 4 is 40.2 Å². The van der Waals surface area contributed by atoms with E-state index in [1.807, 2.05) is 36.4 Å². The van der Waals surface area contributed by atoms with E-state index in [0.29, 0.717) is 34.2 Å². The number of aromatic nitrogens is 2. The molecular weight excluding hydrogens is 442 g/mol. The van der Waals surface area contributed by atoms with Crippen LogP contribution >= 0.6 is 23.4 Å².